The number of ether oxygens (including phenoxy) is 2. The number of carbonyl (C=O) groups excluding carboxylic acids is 1. The summed E-state index contributed by atoms with van der Waals surface area (Å²) in [5.74, 6) is -16.5. The molecule has 22 heavy (non-hydrogen) atoms. The first-order chi connectivity index (χ1) is 10.1. The lowest BCUT2D eigenvalue weighted by Crippen LogP contribution is -2.91. The molecule has 0 bridgehead atoms. The van der Waals surface area contributed by atoms with Crippen molar-refractivity contribution in [3.05, 3.63) is 35.9 Å². The predicted molar refractivity (Wildman–Crippen MR) is 58.9 cm³/mol. The van der Waals surface area contributed by atoms with Crippen molar-refractivity contribution >= 4 is 5.97 Å². The van der Waals surface area contributed by atoms with Gasteiger partial charge in [-0.15, -0.1) is 0 Å². The van der Waals surface area contributed by atoms with Gasteiger partial charge in [-0.3, -0.25) is 0 Å². The number of alkyl halides is 6. The Balaban J connectivity index is 1.69. The van der Waals surface area contributed by atoms with E-state index in [2.05, 4.69) is 9.47 Å². The molecule has 1 unspecified atom stereocenters. The van der Waals surface area contributed by atoms with Crippen LogP contribution >= 0.6 is 0 Å². The minimum absolute atomic E-state index is 0.0458. The third kappa shape index (κ3) is 1.49. The molecule has 1 aromatic rings. The van der Waals surface area contributed by atoms with Crippen molar-refractivity contribution in [1.82, 2.24) is 0 Å². The van der Waals surface area contributed by atoms with Gasteiger partial charge in [-0.1, -0.05) is 18.2 Å². The molecule has 1 aliphatic heterocycles. The van der Waals surface area contributed by atoms with Crippen molar-refractivity contribution in [2.24, 2.45) is 0 Å². The number of carbonyl (C=O) groups is 1. The molecule has 3 rings (SSSR count). The fourth-order valence-electron chi connectivity index (χ4n) is 2.52. The molecule has 0 N–H and O–H groups in total. The van der Waals surface area contributed by atoms with Crippen LogP contribution in [0.1, 0.15) is 16.8 Å². The van der Waals surface area contributed by atoms with Crippen LogP contribution in [0.15, 0.2) is 30.3 Å². The molecule has 120 valence electrons. The van der Waals surface area contributed by atoms with Crippen molar-refractivity contribution in [2.75, 3.05) is 0 Å². The molecule has 3 nitrogen and oxygen atoms in total. The zero-order chi connectivity index (χ0) is 16.4. The lowest BCUT2D eigenvalue weighted by atomic mass is 9.63. The summed E-state index contributed by atoms with van der Waals surface area (Å²) in [6, 6.07) is 7.28. The SMILES string of the molecule is O=C(OC1CC2(O1)C(F)(F)C(F)(F)C2(F)F)c1ccccc1. The number of hydrogen-bond donors (Lipinski definition) is 0. The predicted octanol–water partition coefficient (Wildman–Crippen LogP) is 3.25. The highest BCUT2D eigenvalue weighted by Crippen LogP contribution is 2.73. The van der Waals surface area contributed by atoms with Gasteiger partial charge in [-0.2, -0.15) is 26.3 Å². The Labute approximate surface area is 119 Å². The van der Waals surface area contributed by atoms with Crippen LogP contribution < -0.4 is 0 Å². The second-order valence-corrected chi connectivity index (χ2v) is 5.07. The molecule has 0 radical (unpaired) electrons. The topological polar surface area (TPSA) is 35.5 Å². The van der Waals surface area contributed by atoms with Crippen LogP contribution in [0, 0.1) is 0 Å². The summed E-state index contributed by atoms with van der Waals surface area (Å²) >= 11 is 0. The van der Waals surface area contributed by atoms with Crippen LogP contribution in [-0.2, 0) is 9.47 Å². The van der Waals surface area contributed by atoms with Gasteiger partial charge in [0, 0.05) is 0 Å². The van der Waals surface area contributed by atoms with Crippen molar-refractivity contribution in [1.29, 1.82) is 0 Å². The van der Waals surface area contributed by atoms with E-state index >= 15 is 0 Å². The second kappa shape index (κ2) is 4.15. The minimum atomic E-state index is -5.49. The van der Waals surface area contributed by atoms with E-state index in [-0.39, 0.29) is 5.56 Å². The summed E-state index contributed by atoms with van der Waals surface area (Å²) in [4.78, 5) is 11.6. The molecule has 9 heteroatoms. The van der Waals surface area contributed by atoms with E-state index in [4.69, 9.17) is 0 Å². The molecule has 0 amide bonds. The molecule has 2 aliphatic rings. The van der Waals surface area contributed by atoms with Gasteiger partial charge in [-0.25, -0.2) is 4.79 Å². The largest absolute Gasteiger partial charge is 0.432 e. The number of esters is 1. The average Bonchev–Trinajstić information content (AvgIpc) is 2.41. The minimum Gasteiger partial charge on any atom is -0.432 e. The van der Waals surface area contributed by atoms with E-state index in [0.717, 1.165) is 0 Å². The van der Waals surface area contributed by atoms with Crippen LogP contribution in [0.5, 0.6) is 0 Å². The van der Waals surface area contributed by atoms with Crippen LogP contribution in [0.4, 0.5) is 26.3 Å². The number of halogens is 6. The van der Waals surface area contributed by atoms with Gasteiger partial charge in [0.2, 0.25) is 11.9 Å². The second-order valence-electron chi connectivity index (χ2n) is 5.07. The Morgan fingerprint density at radius 1 is 1.00 bits per heavy atom. The van der Waals surface area contributed by atoms with E-state index in [1.165, 1.54) is 24.3 Å². The third-order valence-electron chi connectivity index (χ3n) is 3.84. The van der Waals surface area contributed by atoms with Crippen LogP contribution in [-0.4, -0.2) is 35.6 Å². The Hall–Kier alpha value is -1.77. The molecular formula is C13H8F6O3. The molecule has 1 saturated heterocycles. The Bertz CT molecular complexity index is 589. The quantitative estimate of drug-likeness (QED) is 0.618. The van der Waals surface area contributed by atoms with E-state index in [1.807, 2.05) is 0 Å². The van der Waals surface area contributed by atoms with Gasteiger partial charge in [0.05, 0.1) is 12.0 Å². The molecule has 1 aromatic carbocycles. The van der Waals surface area contributed by atoms with Crippen LogP contribution in [0.3, 0.4) is 0 Å². The highest BCUT2D eigenvalue weighted by molar-refractivity contribution is 5.89. The smallest absolute Gasteiger partial charge is 0.378 e. The van der Waals surface area contributed by atoms with Gasteiger partial charge < -0.3 is 9.47 Å². The Morgan fingerprint density at radius 3 is 2.00 bits per heavy atom. The molecule has 2 fully saturated rings. The van der Waals surface area contributed by atoms with Crippen molar-refractivity contribution < 1.29 is 40.6 Å². The maximum atomic E-state index is 13.3. The normalized spacial score (nSPS) is 29.3. The molecule has 1 spiro atoms. The highest BCUT2D eigenvalue weighted by atomic mass is 19.4. The van der Waals surface area contributed by atoms with Gasteiger partial charge in [0.15, 0.2) is 0 Å². The lowest BCUT2D eigenvalue weighted by Gasteiger charge is -2.63. The van der Waals surface area contributed by atoms with E-state index in [9.17, 15) is 31.1 Å². The van der Waals surface area contributed by atoms with Crippen molar-refractivity contribution in [3.63, 3.8) is 0 Å². The number of benzene rings is 1. The third-order valence-corrected chi connectivity index (χ3v) is 3.84. The summed E-state index contributed by atoms with van der Waals surface area (Å²) in [6.07, 6.45) is -2.93. The molecule has 1 saturated carbocycles. The summed E-state index contributed by atoms with van der Waals surface area (Å²) in [5, 5.41) is 0. The molecule has 1 aliphatic carbocycles. The van der Waals surface area contributed by atoms with Gasteiger partial charge >= 0.3 is 23.7 Å². The molecular weight excluding hydrogens is 318 g/mol. The zero-order valence-corrected chi connectivity index (χ0v) is 10.7. The van der Waals surface area contributed by atoms with Gasteiger partial charge in [0.25, 0.3) is 0 Å². The summed E-state index contributed by atoms with van der Waals surface area (Å²) in [6.45, 7) is 0. The zero-order valence-electron chi connectivity index (χ0n) is 10.7. The summed E-state index contributed by atoms with van der Waals surface area (Å²) < 4.78 is 87.3. The van der Waals surface area contributed by atoms with Crippen LogP contribution in [0.2, 0.25) is 0 Å². The van der Waals surface area contributed by atoms with E-state index < -0.39 is 42.0 Å². The summed E-state index contributed by atoms with van der Waals surface area (Å²) in [7, 11) is 0. The van der Waals surface area contributed by atoms with Crippen molar-refractivity contribution in [2.45, 2.75) is 36.1 Å². The first kappa shape index (κ1) is 15.1. The Kier molecular flexibility index (Phi) is 2.86. The fourth-order valence-corrected chi connectivity index (χ4v) is 2.52. The lowest BCUT2D eigenvalue weighted by molar-refractivity contribution is -0.548. The first-order valence-electron chi connectivity index (χ1n) is 6.14. The molecule has 1 atom stereocenters. The molecule has 1 heterocycles. The number of rotatable bonds is 2. The summed E-state index contributed by atoms with van der Waals surface area (Å²) in [5.41, 5.74) is -3.57. The fraction of sp³-hybridized carbons (Fsp3) is 0.462. The standard InChI is InChI=1S/C13H8F6O3/c14-11(15)10(12(16,17)13(11,18)19)6-8(22-10)21-9(20)7-4-2-1-3-5-7/h1-5,8H,6H2. The van der Waals surface area contributed by atoms with E-state index in [1.54, 1.807) is 6.07 Å². The van der Waals surface area contributed by atoms with Gasteiger partial charge in [-0.05, 0) is 12.1 Å². The van der Waals surface area contributed by atoms with Crippen molar-refractivity contribution in [3.8, 4) is 0 Å². The monoisotopic (exact) mass is 326 g/mol. The van der Waals surface area contributed by atoms with Crippen LogP contribution in [0.25, 0.3) is 0 Å². The van der Waals surface area contributed by atoms with E-state index in [0.29, 0.717) is 0 Å². The maximum Gasteiger partial charge on any atom is 0.378 e. The highest BCUT2D eigenvalue weighted by Gasteiger charge is 3.02. The maximum absolute atomic E-state index is 13.3. The Morgan fingerprint density at radius 2 is 1.50 bits per heavy atom. The van der Waals surface area contributed by atoms with Gasteiger partial charge in [0.1, 0.15) is 0 Å². The average molecular weight is 326 g/mol. The molecule has 0 aromatic heterocycles. The first-order valence-corrected chi connectivity index (χ1v) is 6.14. The number of hydrogen-bond acceptors (Lipinski definition) is 3.